The van der Waals surface area contributed by atoms with Gasteiger partial charge in [0.05, 0.1) is 5.56 Å². The van der Waals surface area contributed by atoms with Crippen LogP contribution in [0, 0.1) is 12.3 Å². The minimum atomic E-state index is 0.0141. The molecule has 0 aliphatic carbocycles. The van der Waals surface area contributed by atoms with Gasteiger partial charge in [-0.05, 0) is 30.3 Å². The first kappa shape index (κ1) is 11.6. The monoisotopic (exact) mass is 248 g/mol. The number of nitrogen functional groups attached to an aromatic ring is 1. The summed E-state index contributed by atoms with van der Waals surface area (Å²) in [5, 5.41) is 13.0. The molecule has 0 saturated carbocycles. The second-order valence-corrected chi connectivity index (χ2v) is 4.45. The lowest BCUT2D eigenvalue weighted by atomic mass is 10.1. The first-order chi connectivity index (χ1) is 8.09. The molecule has 0 radical (unpaired) electrons. The molecule has 0 fully saturated rings. The molecule has 0 amide bonds. The number of nitrogens with two attached hydrogens (primary N) is 1. The predicted molar refractivity (Wildman–Crippen MR) is 65.1 cm³/mol. The Bertz CT molecular complexity index is 562. The summed E-state index contributed by atoms with van der Waals surface area (Å²) in [5.74, 6) is 0.0141. The second-order valence-electron chi connectivity index (χ2n) is 3.49. The van der Waals surface area contributed by atoms with E-state index in [0.29, 0.717) is 15.7 Å². The molecule has 2 heterocycles. The van der Waals surface area contributed by atoms with Crippen LogP contribution in [-0.2, 0) is 7.05 Å². The van der Waals surface area contributed by atoms with Crippen LogP contribution in [0.4, 0.5) is 0 Å². The van der Waals surface area contributed by atoms with E-state index in [1.165, 1.54) is 18.1 Å². The summed E-state index contributed by atoms with van der Waals surface area (Å²) in [5.41, 5.74) is 7.15. The van der Waals surface area contributed by atoms with Crippen LogP contribution in [0.25, 0.3) is 0 Å². The van der Waals surface area contributed by atoms with Gasteiger partial charge in [0.15, 0.2) is 5.16 Å². The molecule has 3 N–H and O–H groups in total. The molecule has 17 heavy (non-hydrogen) atoms. The van der Waals surface area contributed by atoms with Gasteiger partial charge in [0, 0.05) is 13.2 Å². The van der Waals surface area contributed by atoms with E-state index in [-0.39, 0.29) is 5.84 Å². The molecule has 0 aromatic carbocycles. The molecule has 0 aliphatic rings. The number of nitrogens with one attached hydrogen (secondary N) is 1. The molecule has 6 nitrogen and oxygen atoms in total. The van der Waals surface area contributed by atoms with E-state index in [1.807, 2.05) is 13.0 Å². The molecule has 7 heteroatoms. The summed E-state index contributed by atoms with van der Waals surface area (Å²) in [4.78, 5) is 8.34. The van der Waals surface area contributed by atoms with Gasteiger partial charge in [0.1, 0.15) is 17.2 Å². The third-order valence-electron chi connectivity index (χ3n) is 2.25. The molecule has 0 aliphatic heterocycles. The van der Waals surface area contributed by atoms with Crippen molar-refractivity contribution >= 4 is 17.6 Å². The van der Waals surface area contributed by atoms with Crippen molar-refractivity contribution in [3.8, 4) is 0 Å². The van der Waals surface area contributed by atoms with Crippen LogP contribution in [0.15, 0.2) is 28.8 Å². The van der Waals surface area contributed by atoms with Crippen LogP contribution in [0.3, 0.4) is 0 Å². The zero-order valence-corrected chi connectivity index (χ0v) is 10.3. The molecule has 2 aromatic rings. The largest absolute Gasteiger partial charge is 0.384 e. The van der Waals surface area contributed by atoms with Crippen LogP contribution >= 0.6 is 11.8 Å². The molecular weight excluding hydrogens is 236 g/mol. The topological polar surface area (TPSA) is 93.5 Å². The number of aryl methyl sites for hydroxylation is 2. The fourth-order valence-electron chi connectivity index (χ4n) is 1.40. The first-order valence-corrected chi connectivity index (χ1v) is 5.73. The highest BCUT2D eigenvalue weighted by molar-refractivity contribution is 7.99. The summed E-state index contributed by atoms with van der Waals surface area (Å²) in [6.07, 6.45) is 3.17. The number of hydrogen-bond acceptors (Lipinski definition) is 5. The summed E-state index contributed by atoms with van der Waals surface area (Å²) >= 11 is 1.35. The summed E-state index contributed by atoms with van der Waals surface area (Å²) < 4.78 is 1.65. The van der Waals surface area contributed by atoms with Crippen molar-refractivity contribution in [2.75, 3.05) is 0 Å². The van der Waals surface area contributed by atoms with Gasteiger partial charge >= 0.3 is 0 Å². The highest BCUT2D eigenvalue weighted by Crippen LogP contribution is 2.27. The van der Waals surface area contributed by atoms with Crippen LogP contribution in [0.5, 0.6) is 0 Å². The first-order valence-electron chi connectivity index (χ1n) is 4.91. The van der Waals surface area contributed by atoms with E-state index < -0.39 is 0 Å². The zero-order chi connectivity index (χ0) is 12.4. The molecule has 0 spiro atoms. The zero-order valence-electron chi connectivity index (χ0n) is 9.51. The maximum Gasteiger partial charge on any atom is 0.192 e. The van der Waals surface area contributed by atoms with Crippen molar-refractivity contribution in [2.45, 2.75) is 17.1 Å². The third-order valence-corrected chi connectivity index (χ3v) is 3.31. The number of pyridine rings is 1. The standard InChI is InChI=1S/C10H12N6S/c1-6-3-4-13-9(7(6)8(11)12)17-10-14-5-15-16(10)2/h3-5H,1-2H3,(H3,11,12). The SMILES string of the molecule is Cc1ccnc(Sc2ncnn2C)c1C(=N)N. The third kappa shape index (κ3) is 2.28. The van der Waals surface area contributed by atoms with E-state index in [1.54, 1.807) is 17.9 Å². The number of amidine groups is 1. The van der Waals surface area contributed by atoms with Crippen LogP contribution in [-0.4, -0.2) is 25.6 Å². The Balaban J connectivity index is 2.43. The highest BCUT2D eigenvalue weighted by atomic mass is 32.2. The van der Waals surface area contributed by atoms with Gasteiger partial charge < -0.3 is 5.73 Å². The van der Waals surface area contributed by atoms with Crippen molar-refractivity contribution < 1.29 is 0 Å². The van der Waals surface area contributed by atoms with Gasteiger partial charge in [0.2, 0.25) is 0 Å². The molecule has 88 valence electrons. The Kier molecular flexibility index (Phi) is 3.10. The lowest BCUT2D eigenvalue weighted by molar-refractivity contribution is 0.684. The second kappa shape index (κ2) is 4.54. The van der Waals surface area contributed by atoms with Gasteiger partial charge in [-0.1, -0.05) is 0 Å². The van der Waals surface area contributed by atoms with Crippen LogP contribution < -0.4 is 5.73 Å². The van der Waals surface area contributed by atoms with E-state index >= 15 is 0 Å². The number of aromatic nitrogens is 4. The molecular formula is C10H12N6S. The van der Waals surface area contributed by atoms with E-state index in [4.69, 9.17) is 11.1 Å². The number of nitrogens with zero attached hydrogens (tertiary/aromatic N) is 4. The summed E-state index contributed by atoms with van der Waals surface area (Å²) in [6.45, 7) is 1.90. The lowest BCUT2D eigenvalue weighted by Gasteiger charge is -2.08. The molecule has 0 atom stereocenters. The molecule has 0 bridgehead atoms. The Hall–Kier alpha value is -1.89. The van der Waals surface area contributed by atoms with Gasteiger partial charge in [-0.3, -0.25) is 5.41 Å². The highest BCUT2D eigenvalue weighted by Gasteiger charge is 2.13. The Morgan fingerprint density at radius 1 is 1.47 bits per heavy atom. The fraction of sp³-hybridized carbons (Fsp3) is 0.200. The number of hydrogen-bond donors (Lipinski definition) is 2. The van der Waals surface area contributed by atoms with E-state index in [9.17, 15) is 0 Å². The van der Waals surface area contributed by atoms with Gasteiger partial charge in [-0.2, -0.15) is 5.10 Å². The Morgan fingerprint density at radius 3 is 2.82 bits per heavy atom. The lowest BCUT2D eigenvalue weighted by Crippen LogP contribution is -2.15. The van der Waals surface area contributed by atoms with E-state index in [2.05, 4.69) is 15.1 Å². The fourth-order valence-corrected chi connectivity index (χ4v) is 2.34. The average Bonchev–Trinajstić information content (AvgIpc) is 2.64. The predicted octanol–water partition coefficient (Wildman–Crippen LogP) is 0.954. The quantitative estimate of drug-likeness (QED) is 0.623. The van der Waals surface area contributed by atoms with Crippen molar-refractivity contribution in [3.05, 3.63) is 29.7 Å². The van der Waals surface area contributed by atoms with Crippen molar-refractivity contribution in [3.63, 3.8) is 0 Å². The minimum absolute atomic E-state index is 0.0141. The summed E-state index contributed by atoms with van der Waals surface area (Å²) in [7, 11) is 1.80. The molecule has 0 unspecified atom stereocenters. The average molecular weight is 248 g/mol. The van der Waals surface area contributed by atoms with Crippen molar-refractivity contribution in [1.82, 2.24) is 19.7 Å². The minimum Gasteiger partial charge on any atom is -0.384 e. The van der Waals surface area contributed by atoms with Gasteiger partial charge in [0.25, 0.3) is 0 Å². The van der Waals surface area contributed by atoms with Crippen molar-refractivity contribution in [1.29, 1.82) is 5.41 Å². The Morgan fingerprint density at radius 2 is 2.24 bits per heavy atom. The smallest absolute Gasteiger partial charge is 0.192 e. The van der Waals surface area contributed by atoms with Crippen LogP contribution in [0.1, 0.15) is 11.1 Å². The molecule has 0 saturated heterocycles. The van der Waals surface area contributed by atoms with Gasteiger partial charge in [-0.25, -0.2) is 14.6 Å². The maximum atomic E-state index is 7.58. The normalized spacial score (nSPS) is 10.5. The van der Waals surface area contributed by atoms with Crippen LogP contribution in [0.2, 0.25) is 0 Å². The van der Waals surface area contributed by atoms with Crippen molar-refractivity contribution in [2.24, 2.45) is 12.8 Å². The molecule has 2 aromatic heterocycles. The number of rotatable bonds is 3. The maximum absolute atomic E-state index is 7.58. The van der Waals surface area contributed by atoms with E-state index in [0.717, 1.165) is 5.56 Å². The van der Waals surface area contributed by atoms with Gasteiger partial charge in [-0.15, -0.1) is 0 Å². The molecule has 2 rings (SSSR count). The Labute approximate surface area is 103 Å². The summed E-state index contributed by atoms with van der Waals surface area (Å²) in [6, 6.07) is 1.83.